The molecule has 0 aromatic carbocycles. The topological polar surface area (TPSA) is 0 Å². The number of hydrogen-bond donors (Lipinski definition) is 0. The Hall–Kier alpha value is 0.448. The summed E-state index contributed by atoms with van der Waals surface area (Å²) >= 11 is 0. The molecule has 0 saturated carbocycles. The van der Waals surface area contributed by atoms with Crippen molar-refractivity contribution in [1.29, 1.82) is 0 Å². The molecule has 0 rings (SSSR count). The molecule has 0 fully saturated rings. The normalized spacial score (nSPS) is 1.40. The largest absolute Gasteiger partial charge is 0.697 e. The van der Waals surface area contributed by atoms with Crippen LogP contribution in [-0.4, -0.2) is 0 Å². The van der Waals surface area contributed by atoms with Crippen LogP contribution in [0.25, 0.3) is 0 Å². The maximum Gasteiger partial charge on any atom is 0 e. The predicted octanol–water partition coefficient (Wildman–Crippen LogP) is 0.573. The van der Waals surface area contributed by atoms with Gasteiger partial charge in [-0.15, -0.1) is 0 Å². The van der Waals surface area contributed by atoms with Crippen LogP contribution in [0.2, 0.25) is 0 Å². The molecule has 0 atom stereocenters. The summed E-state index contributed by atoms with van der Waals surface area (Å²) in [7, 11) is 0. The van der Waals surface area contributed by atoms with Crippen molar-refractivity contribution in [3.05, 3.63) is 25.7 Å². The molecule has 0 nitrogen and oxygen atoms in total. The Morgan fingerprint density at radius 1 is 0.700 bits per heavy atom. The second-order valence-electron chi connectivity index (χ2n) is 0.250. The molecule has 0 heterocycles. The van der Waals surface area contributed by atoms with Gasteiger partial charge in [-0.2, -0.15) is 0 Å². The molecule has 0 aliphatic heterocycles. The SMILES string of the molecule is [C-]#C.[C-]#C.[C-]#CC#[C-].[Y].[Y]. The molecule has 0 bridgehead atoms. The Morgan fingerprint density at radius 2 is 0.800 bits per heavy atom. The van der Waals surface area contributed by atoms with E-state index in [1.807, 2.05) is 0 Å². The van der Waals surface area contributed by atoms with E-state index in [9.17, 15) is 0 Å². The van der Waals surface area contributed by atoms with Gasteiger partial charge in [-0.25, -0.2) is 0 Å². The molecular formula is C8H2Y2-4. The van der Waals surface area contributed by atoms with Crippen LogP contribution in [0.15, 0.2) is 0 Å². The summed E-state index contributed by atoms with van der Waals surface area (Å²) in [6, 6.07) is 0. The first-order valence-electron chi connectivity index (χ1n) is 1.33. The summed E-state index contributed by atoms with van der Waals surface area (Å²) in [6.07, 6.45) is 29.8. The fraction of sp³-hybridized carbons (Fsp3) is 0. The Morgan fingerprint density at radius 3 is 0.800 bits per heavy atom. The van der Waals surface area contributed by atoms with Crippen molar-refractivity contribution in [2.45, 2.75) is 0 Å². The zero-order chi connectivity index (χ0) is 7.41. The Balaban J connectivity index is -0.0000000125. The molecule has 0 amide bonds. The molecule has 0 saturated heterocycles. The van der Waals surface area contributed by atoms with Gasteiger partial charge in [-0.3, -0.25) is 0 Å². The summed E-state index contributed by atoms with van der Waals surface area (Å²) in [5, 5.41) is 0. The fourth-order valence-electron chi connectivity index (χ4n) is 0. The van der Waals surface area contributed by atoms with Crippen molar-refractivity contribution in [2.75, 3.05) is 0 Å². The van der Waals surface area contributed by atoms with Crippen LogP contribution in [0.4, 0.5) is 0 Å². The van der Waals surface area contributed by atoms with Crippen LogP contribution >= 0.6 is 0 Å². The van der Waals surface area contributed by atoms with Gasteiger partial charge in [0.15, 0.2) is 0 Å². The van der Waals surface area contributed by atoms with Gasteiger partial charge < -0.3 is 50.4 Å². The Kier molecular flexibility index (Phi) is 354. The third kappa shape index (κ3) is 224. The van der Waals surface area contributed by atoms with Crippen LogP contribution in [0, 0.1) is 50.4 Å². The summed E-state index contributed by atoms with van der Waals surface area (Å²) in [5.41, 5.74) is 0. The van der Waals surface area contributed by atoms with E-state index in [0.717, 1.165) is 0 Å². The zero-order valence-electron chi connectivity index (χ0n) is 5.31. The van der Waals surface area contributed by atoms with Gasteiger partial charge in [0, 0.05) is 65.4 Å². The quantitative estimate of drug-likeness (QED) is 0.448. The van der Waals surface area contributed by atoms with E-state index in [2.05, 4.69) is 12.8 Å². The Bertz CT molecular complexity index is 111. The van der Waals surface area contributed by atoms with Gasteiger partial charge in [-0.05, 0) is 0 Å². The van der Waals surface area contributed by atoms with Crippen molar-refractivity contribution in [3.63, 3.8) is 0 Å². The van der Waals surface area contributed by atoms with Crippen LogP contribution in [0.3, 0.4) is 0 Å². The average molecular weight is 276 g/mol. The van der Waals surface area contributed by atoms with Gasteiger partial charge in [0.05, 0.1) is 0 Å². The molecule has 2 radical (unpaired) electrons. The number of hydrogen-bond acceptors (Lipinski definition) is 0. The number of rotatable bonds is 0. The second kappa shape index (κ2) is 113. The maximum absolute atomic E-state index is 5.90. The second-order valence-corrected chi connectivity index (χ2v) is 0.250. The van der Waals surface area contributed by atoms with Gasteiger partial charge >= 0.3 is 0 Å². The van der Waals surface area contributed by atoms with Gasteiger partial charge in [0.2, 0.25) is 0 Å². The molecule has 0 unspecified atom stereocenters. The van der Waals surface area contributed by atoms with Crippen LogP contribution in [0.1, 0.15) is 0 Å². The number of terminal acetylenes is 2. The average Bonchev–Trinajstić information content (AvgIpc) is 1.96. The van der Waals surface area contributed by atoms with E-state index in [-0.39, 0.29) is 65.4 Å². The molecule has 0 aromatic rings. The first-order valence-corrected chi connectivity index (χ1v) is 1.33. The van der Waals surface area contributed by atoms with Crippen molar-refractivity contribution < 1.29 is 65.4 Å². The third-order valence-electron chi connectivity index (χ3n) is 0.0625. The minimum Gasteiger partial charge on any atom is -0.697 e. The van der Waals surface area contributed by atoms with Crippen LogP contribution in [0.5, 0.6) is 0 Å². The Labute approximate surface area is 114 Å². The van der Waals surface area contributed by atoms with Crippen molar-refractivity contribution in [1.82, 2.24) is 0 Å². The smallest absolute Gasteiger partial charge is 0 e. The molecule has 2 heteroatoms. The molecule has 0 N–H and O–H groups in total. The molecule has 0 spiro atoms. The molecule has 0 aliphatic rings. The first-order chi connectivity index (χ1) is 3.91. The van der Waals surface area contributed by atoms with Gasteiger partial charge in [-0.1, -0.05) is 0 Å². The molecule has 44 valence electrons. The molecule has 0 aliphatic carbocycles. The van der Waals surface area contributed by atoms with Crippen LogP contribution < -0.4 is 0 Å². The van der Waals surface area contributed by atoms with E-state index in [0.29, 0.717) is 0 Å². The van der Waals surface area contributed by atoms with E-state index in [1.54, 1.807) is 11.8 Å². The van der Waals surface area contributed by atoms with Crippen molar-refractivity contribution in [3.8, 4) is 24.7 Å². The van der Waals surface area contributed by atoms with Crippen molar-refractivity contribution in [2.24, 2.45) is 0 Å². The predicted molar refractivity (Wildman–Crippen MR) is 30.6 cm³/mol. The summed E-state index contributed by atoms with van der Waals surface area (Å²) in [6.45, 7) is 0. The van der Waals surface area contributed by atoms with E-state index >= 15 is 0 Å². The van der Waals surface area contributed by atoms with E-state index < -0.39 is 0 Å². The van der Waals surface area contributed by atoms with E-state index in [1.165, 1.54) is 0 Å². The van der Waals surface area contributed by atoms with Crippen LogP contribution in [-0.2, 0) is 65.4 Å². The third-order valence-corrected chi connectivity index (χ3v) is 0.0625. The minimum atomic E-state index is 0. The fourth-order valence-corrected chi connectivity index (χ4v) is 0. The molecular weight excluding hydrogens is 274 g/mol. The summed E-state index contributed by atoms with van der Waals surface area (Å²) in [4.78, 5) is 0. The summed E-state index contributed by atoms with van der Waals surface area (Å²) in [5.74, 6) is 3.19. The molecule has 10 heavy (non-hydrogen) atoms. The van der Waals surface area contributed by atoms with Gasteiger partial charge in [0.25, 0.3) is 0 Å². The van der Waals surface area contributed by atoms with Gasteiger partial charge in [0.1, 0.15) is 0 Å². The minimum absolute atomic E-state index is 0. The standard InChI is InChI=1S/C4.2C2H.2Y/c1-3-4-2;2*1-2;;/h;2*1H;;/q-2;2*-1;;. The monoisotopic (exact) mass is 276 g/mol. The van der Waals surface area contributed by atoms with E-state index in [4.69, 9.17) is 25.7 Å². The summed E-state index contributed by atoms with van der Waals surface area (Å²) < 4.78 is 0. The molecule has 0 aromatic heterocycles. The maximum atomic E-state index is 5.90. The van der Waals surface area contributed by atoms with Crippen molar-refractivity contribution >= 4 is 0 Å². The first kappa shape index (κ1) is 31.4. The zero-order valence-corrected chi connectivity index (χ0v) is 11.0.